The Bertz CT molecular complexity index is 757. The zero-order valence-corrected chi connectivity index (χ0v) is 15.6. The van der Waals surface area contributed by atoms with E-state index in [2.05, 4.69) is 13.8 Å². The molecule has 0 saturated heterocycles. The second-order valence-corrected chi connectivity index (χ2v) is 6.93. The van der Waals surface area contributed by atoms with Crippen LogP contribution in [-0.2, 0) is 4.79 Å². The lowest BCUT2D eigenvalue weighted by Gasteiger charge is -2.36. The number of allylic oxidation sites excluding steroid dienone is 1. The van der Waals surface area contributed by atoms with Crippen LogP contribution in [0.2, 0.25) is 0 Å². The number of rotatable bonds is 5. The van der Waals surface area contributed by atoms with E-state index in [1.54, 1.807) is 12.1 Å². The summed E-state index contributed by atoms with van der Waals surface area (Å²) in [5.41, 5.74) is 1.91. The van der Waals surface area contributed by atoms with Crippen molar-refractivity contribution in [2.75, 3.05) is 6.61 Å². The summed E-state index contributed by atoms with van der Waals surface area (Å²) in [4.78, 5) is 11.0. The molecule has 0 fully saturated rings. The molecule has 0 aliphatic carbocycles. The van der Waals surface area contributed by atoms with Gasteiger partial charge in [0.15, 0.2) is 0 Å². The molecule has 0 bridgehead atoms. The highest BCUT2D eigenvalue weighted by molar-refractivity contribution is 5.94. The van der Waals surface area contributed by atoms with Gasteiger partial charge in [-0.2, -0.15) is 4.39 Å². The van der Waals surface area contributed by atoms with Crippen LogP contribution < -0.4 is 9.47 Å². The number of hydrogen-bond acceptors (Lipinski definition) is 3. The van der Waals surface area contributed by atoms with Crippen molar-refractivity contribution in [1.82, 2.24) is 0 Å². The molecule has 25 heavy (non-hydrogen) atoms. The maximum atomic E-state index is 14.0. The van der Waals surface area contributed by atoms with E-state index >= 15 is 0 Å². The highest BCUT2D eigenvalue weighted by Crippen LogP contribution is 2.43. The number of carbonyl (C=O) groups is 1. The molecular weight excluding hydrogens is 323 g/mol. The van der Waals surface area contributed by atoms with Gasteiger partial charge < -0.3 is 14.6 Å². The first-order valence-electron chi connectivity index (χ1n) is 8.40. The molecule has 1 heterocycles. The Morgan fingerprint density at radius 2 is 2.00 bits per heavy atom. The van der Waals surface area contributed by atoms with Gasteiger partial charge in [-0.3, -0.25) is 0 Å². The first kappa shape index (κ1) is 19.0. The number of carboxylic acids is 1. The van der Waals surface area contributed by atoms with E-state index in [1.807, 2.05) is 26.8 Å². The van der Waals surface area contributed by atoms with Gasteiger partial charge in [-0.25, -0.2) is 4.79 Å². The van der Waals surface area contributed by atoms with Gasteiger partial charge in [-0.1, -0.05) is 13.8 Å². The summed E-state index contributed by atoms with van der Waals surface area (Å²) in [6, 6.07) is 3.44. The topological polar surface area (TPSA) is 55.8 Å². The minimum atomic E-state index is -1.59. The van der Waals surface area contributed by atoms with Gasteiger partial charge in [-0.15, -0.1) is 0 Å². The number of ether oxygens (including phenoxy) is 2. The number of halogens is 1. The molecule has 0 radical (unpaired) electrons. The third-order valence-electron chi connectivity index (χ3n) is 4.33. The second kappa shape index (κ2) is 6.90. The van der Waals surface area contributed by atoms with E-state index in [0.29, 0.717) is 23.7 Å². The van der Waals surface area contributed by atoms with Gasteiger partial charge in [0.05, 0.1) is 6.61 Å². The van der Waals surface area contributed by atoms with Gasteiger partial charge in [0.1, 0.15) is 17.1 Å². The molecule has 1 aromatic carbocycles. The molecule has 136 valence electrons. The molecule has 0 saturated carbocycles. The Balaban J connectivity index is 2.69. The fraction of sp³-hybridized carbons (Fsp3) is 0.450. The van der Waals surface area contributed by atoms with E-state index in [-0.39, 0.29) is 11.5 Å². The average Bonchev–Trinajstić information content (AvgIpc) is 2.51. The molecule has 1 aromatic rings. The molecule has 0 unspecified atom stereocenters. The number of carboxylic acid groups (broad SMARTS) is 1. The maximum absolute atomic E-state index is 14.0. The first-order chi connectivity index (χ1) is 11.6. The second-order valence-electron chi connectivity index (χ2n) is 6.93. The Morgan fingerprint density at radius 1 is 1.36 bits per heavy atom. The Morgan fingerprint density at radius 3 is 2.52 bits per heavy atom. The van der Waals surface area contributed by atoms with E-state index in [0.717, 1.165) is 11.1 Å². The third kappa shape index (κ3) is 3.70. The van der Waals surface area contributed by atoms with Crippen LogP contribution >= 0.6 is 0 Å². The lowest BCUT2D eigenvalue weighted by molar-refractivity contribution is -0.134. The summed E-state index contributed by atoms with van der Waals surface area (Å²) in [6.45, 7) is 11.8. The molecule has 1 N–H and O–H groups in total. The zero-order chi connectivity index (χ0) is 18.9. The number of benzene rings is 1. The Hall–Kier alpha value is -2.30. The van der Waals surface area contributed by atoms with Gasteiger partial charge in [0.2, 0.25) is 5.83 Å². The highest BCUT2D eigenvalue weighted by Gasteiger charge is 2.33. The molecule has 4 nitrogen and oxygen atoms in total. The third-order valence-corrected chi connectivity index (χ3v) is 4.33. The zero-order valence-electron chi connectivity index (χ0n) is 15.6. The molecular formula is C20H25FO4. The lowest BCUT2D eigenvalue weighted by Crippen LogP contribution is -2.35. The standard InChI is InChI=1S/C20H25FO4/c1-7-24-17-10-16-13(8-14(17)12(4)18(21)19(22)23)9-15(11(2)3)20(5,6)25-16/h8-11H,7H2,1-6H3,(H,22,23). The van der Waals surface area contributed by atoms with Crippen LogP contribution in [-0.4, -0.2) is 23.3 Å². The van der Waals surface area contributed by atoms with Gasteiger partial charge in [0.25, 0.3) is 0 Å². The predicted molar refractivity (Wildman–Crippen MR) is 96.5 cm³/mol. The van der Waals surface area contributed by atoms with Crippen molar-refractivity contribution in [2.24, 2.45) is 5.92 Å². The van der Waals surface area contributed by atoms with E-state index in [4.69, 9.17) is 14.6 Å². The van der Waals surface area contributed by atoms with Crippen LogP contribution in [0.15, 0.2) is 23.5 Å². The summed E-state index contributed by atoms with van der Waals surface area (Å²) >= 11 is 0. The summed E-state index contributed by atoms with van der Waals surface area (Å²) in [5, 5.41) is 8.95. The lowest BCUT2D eigenvalue weighted by atomic mass is 9.84. The quantitative estimate of drug-likeness (QED) is 0.754. The number of hydrogen-bond donors (Lipinski definition) is 1. The minimum Gasteiger partial charge on any atom is -0.493 e. The molecule has 2 rings (SSSR count). The summed E-state index contributed by atoms with van der Waals surface area (Å²) in [7, 11) is 0. The van der Waals surface area contributed by atoms with E-state index in [9.17, 15) is 9.18 Å². The van der Waals surface area contributed by atoms with Crippen molar-refractivity contribution in [3.05, 3.63) is 34.7 Å². The van der Waals surface area contributed by atoms with Gasteiger partial charge in [-0.05, 0) is 51.3 Å². The molecule has 1 aliphatic rings. The van der Waals surface area contributed by atoms with Crippen LogP contribution in [0.5, 0.6) is 11.5 Å². The van der Waals surface area contributed by atoms with Crippen molar-refractivity contribution >= 4 is 17.6 Å². The van der Waals surface area contributed by atoms with Crippen molar-refractivity contribution in [3.63, 3.8) is 0 Å². The fourth-order valence-electron chi connectivity index (χ4n) is 3.16. The summed E-state index contributed by atoms with van der Waals surface area (Å²) in [5.74, 6) is -1.44. The highest BCUT2D eigenvalue weighted by atomic mass is 19.1. The Kier molecular flexibility index (Phi) is 5.26. The predicted octanol–water partition coefficient (Wildman–Crippen LogP) is 5.08. The van der Waals surface area contributed by atoms with Crippen LogP contribution in [0.4, 0.5) is 4.39 Å². The molecule has 0 aromatic heterocycles. The Labute approximate surface area is 148 Å². The molecule has 1 aliphatic heterocycles. The first-order valence-corrected chi connectivity index (χ1v) is 8.40. The van der Waals surface area contributed by atoms with Gasteiger partial charge >= 0.3 is 5.97 Å². The molecule has 5 heteroatoms. The fourth-order valence-corrected chi connectivity index (χ4v) is 3.16. The van der Waals surface area contributed by atoms with Crippen molar-refractivity contribution in [3.8, 4) is 11.5 Å². The number of aliphatic carboxylic acids is 1. The van der Waals surface area contributed by atoms with Crippen molar-refractivity contribution < 1.29 is 23.8 Å². The van der Waals surface area contributed by atoms with Crippen molar-refractivity contribution in [2.45, 2.75) is 47.1 Å². The SMILES string of the molecule is CCOc1cc2c(cc1C(C)=C(F)C(=O)O)C=C(C(C)C)C(C)(C)O2. The largest absolute Gasteiger partial charge is 0.493 e. The number of fused-ring (bicyclic) bond motifs is 1. The van der Waals surface area contributed by atoms with Crippen molar-refractivity contribution in [1.29, 1.82) is 0 Å². The van der Waals surface area contributed by atoms with Gasteiger partial charge in [0, 0.05) is 22.8 Å². The van der Waals surface area contributed by atoms with E-state index < -0.39 is 17.4 Å². The minimum absolute atomic E-state index is 0.0306. The van der Waals surface area contributed by atoms with E-state index in [1.165, 1.54) is 6.92 Å². The monoisotopic (exact) mass is 348 g/mol. The average molecular weight is 348 g/mol. The maximum Gasteiger partial charge on any atom is 0.365 e. The smallest absolute Gasteiger partial charge is 0.365 e. The normalized spacial score (nSPS) is 16.6. The van der Waals surface area contributed by atoms with Crippen LogP contribution in [0.1, 0.15) is 52.7 Å². The van der Waals surface area contributed by atoms with Crippen LogP contribution in [0.25, 0.3) is 11.6 Å². The van der Waals surface area contributed by atoms with Crippen LogP contribution in [0, 0.1) is 5.92 Å². The molecule has 0 spiro atoms. The summed E-state index contributed by atoms with van der Waals surface area (Å²) < 4.78 is 25.7. The summed E-state index contributed by atoms with van der Waals surface area (Å²) in [6.07, 6.45) is 2.04. The molecule has 0 atom stereocenters. The molecule has 0 amide bonds. The van der Waals surface area contributed by atoms with Crippen LogP contribution in [0.3, 0.4) is 0 Å².